The first-order valence-electron chi connectivity index (χ1n) is 12.7. The zero-order chi connectivity index (χ0) is 25.9. The number of esters is 2. The van der Waals surface area contributed by atoms with E-state index in [0.29, 0.717) is 17.4 Å². The maximum Gasteiger partial charge on any atom is 0.306 e. The van der Waals surface area contributed by atoms with E-state index in [1.54, 1.807) is 0 Å². The first-order chi connectivity index (χ1) is 16.0. The zero-order valence-electron chi connectivity index (χ0n) is 22.1. The van der Waals surface area contributed by atoms with Gasteiger partial charge in [0.1, 0.15) is 19.8 Å². The van der Waals surface area contributed by atoms with Crippen molar-refractivity contribution in [2.45, 2.75) is 97.0 Å². The van der Waals surface area contributed by atoms with Crippen LogP contribution in [0.4, 0.5) is 0 Å². The third-order valence-electron chi connectivity index (χ3n) is 5.13. The maximum atomic E-state index is 12.2. The minimum atomic E-state index is -4.58. The molecule has 0 saturated heterocycles. The van der Waals surface area contributed by atoms with Crippen molar-refractivity contribution in [2.24, 2.45) is 0 Å². The van der Waals surface area contributed by atoms with Crippen molar-refractivity contribution >= 4 is 19.8 Å². The Kier molecular flexibility index (Phi) is 18.7. The molecule has 0 aromatic heterocycles. The van der Waals surface area contributed by atoms with Crippen LogP contribution in [0.5, 0.6) is 0 Å². The van der Waals surface area contributed by atoms with E-state index in [0.717, 1.165) is 57.8 Å². The lowest BCUT2D eigenvalue weighted by molar-refractivity contribution is -0.870. The molecule has 9 nitrogen and oxygen atoms in total. The third-order valence-corrected chi connectivity index (χ3v) is 6.09. The summed E-state index contributed by atoms with van der Waals surface area (Å²) in [5, 5.41) is 0. The predicted molar refractivity (Wildman–Crippen MR) is 130 cm³/mol. The Bertz CT molecular complexity index is 594. The van der Waals surface area contributed by atoms with E-state index < -0.39 is 32.5 Å². The Morgan fingerprint density at radius 1 is 0.794 bits per heavy atom. The molecule has 0 rings (SSSR count). The van der Waals surface area contributed by atoms with Crippen LogP contribution in [-0.4, -0.2) is 70.0 Å². The number of carbonyl (C=O) groups is 2. The van der Waals surface area contributed by atoms with Gasteiger partial charge < -0.3 is 27.9 Å². The van der Waals surface area contributed by atoms with Crippen LogP contribution in [-0.2, 0) is 32.7 Å². The zero-order valence-corrected chi connectivity index (χ0v) is 22.9. The van der Waals surface area contributed by atoms with Crippen LogP contribution in [0.3, 0.4) is 0 Å². The molecule has 0 fully saturated rings. The summed E-state index contributed by atoms with van der Waals surface area (Å²) in [6.07, 6.45) is 9.39. The normalized spacial score (nSPS) is 14.4. The lowest BCUT2D eigenvalue weighted by Gasteiger charge is -2.28. The molecule has 10 heteroatoms. The van der Waals surface area contributed by atoms with E-state index in [2.05, 4.69) is 13.8 Å². The summed E-state index contributed by atoms with van der Waals surface area (Å²) >= 11 is 0. The van der Waals surface area contributed by atoms with Gasteiger partial charge in [-0.05, 0) is 12.8 Å². The summed E-state index contributed by atoms with van der Waals surface area (Å²) in [4.78, 5) is 36.3. The van der Waals surface area contributed by atoms with Gasteiger partial charge in [-0.15, -0.1) is 0 Å². The van der Waals surface area contributed by atoms with Gasteiger partial charge in [-0.3, -0.25) is 14.2 Å². The molecule has 0 aromatic carbocycles. The topological polar surface area (TPSA) is 111 Å². The van der Waals surface area contributed by atoms with Crippen molar-refractivity contribution in [3.05, 3.63) is 0 Å². The summed E-state index contributed by atoms with van der Waals surface area (Å²) in [5.74, 6) is -0.867. The van der Waals surface area contributed by atoms with E-state index in [-0.39, 0.29) is 26.1 Å². The van der Waals surface area contributed by atoms with Crippen molar-refractivity contribution in [2.75, 3.05) is 47.5 Å². The lowest BCUT2D eigenvalue weighted by atomic mass is 10.1. The number of unbranched alkanes of at least 4 members (excludes halogenated alkanes) is 8. The van der Waals surface area contributed by atoms with Crippen LogP contribution in [0, 0.1) is 0 Å². The van der Waals surface area contributed by atoms with Crippen molar-refractivity contribution < 1.29 is 42.1 Å². The molecule has 0 aliphatic heterocycles. The standard InChI is InChI=1S/C24H48NO8P/c1-6-8-10-12-14-16-23(26)30-20-22(33-24(27)17-15-13-11-9-7-2)21-32-34(28,29)31-19-18-25(3,4)5/h22H,6-21H2,1-5H3/t22-/m0/s1. The van der Waals surface area contributed by atoms with Crippen LogP contribution in [0.1, 0.15) is 90.9 Å². The van der Waals surface area contributed by atoms with Gasteiger partial charge in [0.2, 0.25) is 0 Å². The minimum absolute atomic E-state index is 0.0283. The second kappa shape index (κ2) is 19.2. The average molecular weight is 510 g/mol. The molecule has 0 amide bonds. The van der Waals surface area contributed by atoms with Gasteiger partial charge in [0, 0.05) is 12.8 Å². The fourth-order valence-electron chi connectivity index (χ4n) is 3.00. The summed E-state index contributed by atoms with van der Waals surface area (Å²) in [6, 6.07) is 0. The number of hydrogen-bond donors (Lipinski definition) is 0. The fraction of sp³-hybridized carbons (Fsp3) is 0.917. The van der Waals surface area contributed by atoms with Gasteiger partial charge in [-0.1, -0.05) is 65.2 Å². The van der Waals surface area contributed by atoms with Crippen LogP contribution in [0.25, 0.3) is 0 Å². The molecule has 0 heterocycles. The second-order valence-electron chi connectivity index (χ2n) is 9.71. The SMILES string of the molecule is CCCCCCCC(=O)OC[C@@H](COP(=O)([O-])OCC[N+](C)(C)C)OC(=O)CCCCCCC. The highest BCUT2D eigenvalue weighted by Crippen LogP contribution is 2.38. The smallest absolute Gasteiger partial charge is 0.306 e. The second-order valence-corrected chi connectivity index (χ2v) is 11.1. The molecule has 0 aliphatic carbocycles. The number of rotatable bonds is 22. The van der Waals surface area contributed by atoms with E-state index in [9.17, 15) is 19.0 Å². The molecule has 0 spiro atoms. The van der Waals surface area contributed by atoms with E-state index >= 15 is 0 Å². The largest absolute Gasteiger partial charge is 0.756 e. The summed E-state index contributed by atoms with van der Waals surface area (Å²) < 4.78 is 33.0. The Hall–Kier alpha value is -0.990. The lowest BCUT2D eigenvalue weighted by Crippen LogP contribution is -2.37. The average Bonchev–Trinajstić information content (AvgIpc) is 2.74. The number of nitrogens with zero attached hydrogens (tertiary/aromatic N) is 1. The number of ether oxygens (including phenoxy) is 2. The van der Waals surface area contributed by atoms with E-state index in [1.807, 2.05) is 21.1 Å². The van der Waals surface area contributed by atoms with Gasteiger partial charge in [-0.2, -0.15) is 0 Å². The number of carbonyl (C=O) groups excluding carboxylic acids is 2. The molecule has 1 unspecified atom stereocenters. The number of quaternary nitrogens is 1. The van der Waals surface area contributed by atoms with Crippen molar-refractivity contribution in [1.29, 1.82) is 0 Å². The molecule has 2 atom stereocenters. The van der Waals surface area contributed by atoms with Crippen molar-refractivity contribution in [1.82, 2.24) is 0 Å². The molecule has 0 saturated carbocycles. The van der Waals surface area contributed by atoms with Gasteiger partial charge >= 0.3 is 11.9 Å². The quantitative estimate of drug-likeness (QED) is 0.0915. The molecule has 0 bridgehead atoms. The first kappa shape index (κ1) is 33.0. The van der Waals surface area contributed by atoms with Crippen LogP contribution in [0.2, 0.25) is 0 Å². The van der Waals surface area contributed by atoms with Crippen molar-refractivity contribution in [3.8, 4) is 0 Å². The maximum absolute atomic E-state index is 12.2. The number of likely N-dealkylation sites (N-methyl/N-ethyl adjacent to an activating group) is 1. The monoisotopic (exact) mass is 509 g/mol. The molecule has 0 radical (unpaired) electrons. The van der Waals surface area contributed by atoms with Crippen LogP contribution in [0.15, 0.2) is 0 Å². The number of phosphoric ester groups is 1. The molecule has 0 N–H and O–H groups in total. The number of phosphoric acid groups is 1. The number of hydrogen-bond acceptors (Lipinski definition) is 8. The van der Waals surface area contributed by atoms with Gasteiger partial charge in [0.25, 0.3) is 7.82 Å². The van der Waals surface area contributed by atoms with E-state index in [1.165, 1.54) is 0 Å². The van der Waals surface area contributed by atoms with Crippen LogP contribution < -0.4 is 4.89 Å². The molecular weight excluding hydrogens is 461 g/mol. The van der Waals surface area contributed by atoms with Gasteiger partial charge in [-0.25, -0.2) is 0 Å². The summed E-state index contributed by atoms with van der Waals surface area (Å²) in [5.41, 5.74) is 0. The summed E-state index contributed by atoms with van der Waals surface area (Å²) in [7, 11) is 1.16. The first-order valence-corrected chi connectivity index (χ1v) is 14.2. The van der Waals surface area contributed by atoms with Gasteiger partial charge in [0.05, 0.1) is 27.7 Å². The highest BCUT2D eigenvalue weighted by atomic mass is 31.2. The molecule has 34 heavy (non-hydrogen) atoms. The Morgan fingerprint density at radius 2 is 1.32 bits per heavy atom. The van der Waals surface area contributed by atoms with Crippen LogP contribution >= 0.6 is 7.82 Å². The fourth-order valence-corrected chi connectivity index (χ4v) is 3.73. The molecule has 0 aromatic rings. The Morgan fingerprint density at radius 3 is 1.85 bits per heavy atom. The third kappa shape index (κ3) is 21.5. The Labute approximate surface area is 206 Å². The summed E-state index contributed by atoms with van der Waals surface area (Å²) in [6.45, 7) is 3.97. The minimum Gasteiger partial charge on any atom is -0.756 e. The molecule has 0 aliphatic rings. The van der Waals surface area contributed by atoms with Crippen molar-refractivity contribution in [3.63, 3.8) is 0 Å². The molecular formula is C24H48NO8P. The predicted octanol–water partition coefficient (Wildman–Crippen LogP) is 4.37. The van der Waals surface area contributed by atoms with Gasteiger partial charge in [0.15, 0.2) is 6.10 Å². The Balaban J connectivity index is 4.62. The van der Waals surface area contributed by atoms with E-state index in [4.69, 9.17) is 18.5 Å². The molecule has 202 valence electrons. The highest BCUT2D eigenvalue weighted by molar-refractivity contribution is 7.45. The highest BCUT2D eigenvalue weighted by Gasteiger charge is 2.21.